The van der Waals surface area contributed by atoms with Crippen molar-refractivity contribution in [1.29, 1.82) is 0 Å². The number of carbonyl (C=O) groups is 2. The SMILES string of the molecule is CCCCC(CC)C(=O)O.CN(C)C(N)=O. The third-order valence-corrected chi connectivity index (χ3v) is 2.19. The van der Waals surface area contributed by atoms with Gasteiger partial charge in [-0.3, -0.25) is 4.79 Å². The molecule has 0 saturated carbocycles. The number of carboxylic acid groups (broad SMARTS) is 1. The maximum absolute atomic E-state index is 10.4. The second-order valence-corrected chi connectivity index (χ2v) is 3.82. The van der Waals surface area contributed by atoms with E-state index in [9.17, 15) is 9.59 Å². The van der Waals surface area contributed by atoms with E-state index >= 15 is 0 Å². The number of nitrogens with two attached hydrogens (primary N) is 1. The lowest BCUT2D eigenvalue weighted by Crippen LogP contribution is -2.27. The van der Waals surface area contributed by atoms with Crippen molar-refractivity contribution in [3.8, 4) is 0 Å². The monoisotopic (exact) mass is 232 g/mol. The topological polar surface area (TPSA) is 83.6 Å². The summed E-state index contributed by atoms with van der Waals surface area (Å²) in [4.78, 5) is 21.6. The third-order valence-electron chi connectivity index (χ3n) is 2.19. The minimum absolute atomic E-state index is 0.111. The van der Waals surface area contributed by atoms with Crippen molar-refractivity contribution in [3.63, 3.8) is 0 Å². The number of hydrogen-bond donors (Lipinski definition) is 2. The van der Waals surface area contributed by atoms with Gasteiger partial charge in [0.15, 0.2) is 0 Å². The van der Waals surface area contributed by atoms with Gasteiger partial charge < -0.3 is 15.7 Å². The van der Waals surface area contributed by atoms with Crippen LogP contribution in [0.4, 0.5) is 4.79 Å². The molecule has 1 atom stereocenters. The number of aliphatic carboxylic acids is 1. The Hall–Kier alpha value is -1.26. The number of hydrogen-bond acceptors (Lipinski definition) is 2. The van der Waals surface area contributed by atoms with Crippen molar-refractivity contribution < 1.29 is 14.7 Å². The van der Waals surface area contributed by atoms with Crippen LogP contribution in [0.5, 0.6) is 0 Å². The first kappa shape index (κ1) is 17.1. The zero-order chi connectivity index (χ0) is 13.1. The van der Waals surface area contributed by atoms with Crippen LogP contribution in [-0.4, -0.2) is 36.1 Å². The van der Waals surface area contributed by atoms with Crippen LogP contribution in [0.15, 0.2) is 0 Å². The number of rotatable bonds is 5. The average Bonchev–Trinajstić information content (AvgIpc) is 2.19. The standard InChI is InChI=1S/C8H16O2.C3H8N2O/c1-3-5-6-7(4-2)8(9)10;1-5(2)3(4)6/h7H,3-6H2,1-2H3,(H,9,10);1-2H3,(H2,4,6). The first-order valence-electron chi connectivity index (χ1n) is 5.56. The third kappa shape index (κ3) is 10.8. The molecule has 3 N–H and O–H groups in total. The summed E-state index contributed by atoms with van der Waals surface area (Å²) in [6.45, 7) is 4.00. The van der Waals surface area contributed by atoms with Gasteiger partial charge in [0.1, 0.15) is 0 Å². The van der Waals surface area contributed by atoms with Gasteiger partial charge in [-0.2, -0.15) is 0 Å². The van der Waals surface area contributed by atoms with Crippen molar-refractivity contribution in [2.45, 2.75) is 39.5 Å². The molecule has 0 radical (unpaired) electrons. The lowest BCUT2D eigenvalue weighted by Gasteiger charge is -2.06. The van der Waals surface area contributed by atoms with Gasteiger partial charge in [0.05, 0.1) is 5.92 Å². The van der Waals surface area contributed by atoms with Crippen molar-refractivity contribution in [2.24, 2.45) is 11.7 Å². The Morgan fingerprint density at radius 2 is 1.75 bits per heavy atom. The second kappa shape index (κ2) is 10.3. The fourth-order valence-electron chi connectivity index (χ4n) is 0.953. The fourth-order valence-corrected chi connectivity index (χ4v) is 0.953. The first-order valence-corrected chi connectivity index (χ1v) is 5.56. The van der Waals surface area contributed by atoms with Crippen LogP contribution < -0.4 is 5.73 Å². The van der Waals surface area contributed by atoms with E-state index in [1.807, 2.05) is 6.92 Å². The van der Waals surface area contributed by atoms with Gasteiger partial charge in [-0.25, -0.2) is 4.79 Å². The van der Waals surface area contributed by atoms with E-state index in [1.54, 1.807) is 14.1 Å². The number of primary amides is 1. The molecular weight excluding hydrogens is 208 g/mol. The molecular formula is C11H24N2O3. The smallest absolute Gasteiger partial charge is 0.314 e. The van der Waals surface area contributed by atoms with Gasteiger partial charge in [-0.05, 0) is 12.8 Å². The number of urea groups is 1. The zero-order valence-electron chi connectivity index (χ0n) is 10.7. The number of carbonyl (C=O) groups excluding carboxylic acids is 1. The highest BCUT2D eigenvalue weighted by Crippen LogP contribution is 2.11. The Bertz CT molecular complexity index is 205. The lowest BCUT2D eigenvalue weighted by atomic mass is 10.00. The molecule has 0 aromatic carbocycles. The van der Waals surface area contributed by atoms with Crippen LogP contribution in [0.1, 0.15) is 39.5 Å². The van der Waals surface area contributed by atoms with Crippen molar-refractivity contribution >= 4 is 12.0 Å². The maximum atomic E-state index is 10.4. The van der Waals surface area contributed by atoms with Gasteiger partial charge in [0, 0.05) is 14.1 Å². The first-order chi connectivity index (χ1) is 7.36. The predicted molar refractivity (Wildman–Crippen MR) is 64.2 cm³/mol. The van der Waals surface area contributed by atoms with Crippen molar-refractivity contribution in [1.82, 2.24) is 4.90 Å². The molecule has 0 spiro atoms. The lowest BCUT2D eigenvalue weighted by molar-refractivity contribution is -0.142. The summed E-state index contributed by atoms with van der Waals surface area (Å²) in [5.41, 5.74) is 4.72. The molecule has 0 aromatic heterocycles. The number of carboxylic acids is 1. The maximum Gasteiger partial charge on any atom is 0.314 e. The predicted octanol–water partition coefficient (Wildman–Crippen LogP) is 1.91. The summed E-state index contributed by atoms with van der Waals surface area (Å²) in [7, 11) is 3.20. The molecule has 0 aliphatic carbocycles. The molecule has 0 saturated heterocycles. The van der Waals surface area contributed by atoms with E-state index in [4.69, 9.17) is 10.8 Å². The van der Waals surface area contributed by atoms with Crippen LogP contribution in [0.3, 0.4) is 0 Å². The quantitative estimate of drug-likeness (QED) is 0.759. The molecule has 0 aliphatic heterocycles. The van der Waals surface area contributed by atoms with Crippen molar-refractivity contribution in [2.75, 3.05) is 14.1 Å². The van der Waals surface area contributed by atoms with Crippen molar-refractivity contribution in [3.05, 3.63) is 0 Å². The molecule has 2 amide bonds. The highest BCUT2D eigenvalue weighted by atomic mass is 16.4. The van der Waals surface area contributed by atoms with Crippen LogP contribution in [0.25, 0.3) is 0 Å². The minimum atomic E-state index is -0.643. The molecule has 0 rings (SSSR count). The summed E-state index contributed by atoms with van der Waals surface area (Å²) in [6, 6.07) is -0.407. The Morgan fingerprint density at radius 1 is 1.31 bits per heavy atom. The van der Waals surface area contributed by atoms with Gasteiger partial charge in [-0.15, -0.1) is 0 Å². The Morgan fingerprint density at radius 3 is 1.94 bits per heavy atom. The Balaban J connectivity index is 0. The minimum Gasteiger partial charge on any atom is -0.481 e. The van der Waals surface area contributed by atoms with Gasteiger partial charge in [-0.1, -0.05) is 26.7 Å². The van der Waals surface area contributed by atoms with Crippen LogP contribution in [0.2, 0.25) is 0 Å². The van der Waals surface area contributed by atoms with Gasteiger partial charge >= 0.3 is 12.0 Å². The molecule has 96 valence electrons. The van der Waals surface area contributed by atoms with Gasteiger partial charge in [0.25, 0.3) is 0 Å². The average molecular weight is 232 g/mol. The number of amides is 2. The van der Waals surface area contributed by atoms with Gasteiger partial charge in [0.2, 0.25) is 0 Å². The van der Waals surface area contributed by atoms with E-state index in [0.717, 1.165) is 25.7 Å². The normalized spacial score (nSPS) is 11.0. The van der Waals surface area contributed by atoms with E-state index in [1.165, 1.54) is 4.90 Å². The number of unbranched alkanes of at least 4 members (excludes halogenated alkanes) is 1. The van der Waals surface area contributed by atoms with Crippen LogP contribution in [-0.2, 0) is 4.79 Å². The highest BCUT2D eigenvalue weighted by Gasteiger charge is 2.12. The molecule has 1 unspecified atom stereocenters. The Kier molecular flexibility index (Phi) is 11.0. The summed E-state index contributed by atoms with van der Waals surface area (Å²) in [5, 5.41) is 8.60. The molecule has 0 aliphatic rings. The Labute approximate surface area is 97.6 Å². The molecule has 16 heavy (non-hydrogen) atoms. The molecule has 0 fully saturated rings. The summed E-state index contributed by atoms with van der Waals surface area (Å²) in [5.74, 6) is -0.754. The van der Waals surface area contributed by atoms with E-state index in [-0.39, 0.29) is 5.92 Å². The zero-order valence-corrected chi connectivity index (χ0v) is 10.7. The fraction of sp³-hybridized carbons (Fsp3) is 0.818. The van der Waals surface area contributed by atoms with E-state index in [2.05, 4.69) is 6.92 Å². The van der Waals surface area contributed by atoms with Crippen LogP contribution in [0, 0.1) is 5.92 Å². The van der Waals surface area contributed by atoms with E-state index < -0.39 is 12.0 Å². The highest BCUT2D eigenvalue weighted by molar-refractivity contribution is 5.71. The molecule has 0 bridgehead atoms. The second-order valence-electron chi connectivity index (χ2n) is 3.82. The largest absolute Gasteiger partial charge is 0.481 e. The molecule has 5 heteroatoms. The summed E-state index contributed by atoms with van der Waals surface area (Å²) < 4.78 is 0. The van der Waals surface area contributed by atoms with E-state index in [0.29, 0.717) is 0 Å². The summed E-state index contributed by atoms with van der Waals surface area (Å²) >= 11 is 0. The van der Waals surface area contributed by atoms with Crippen LogP contribution >= 0.6 is 0 Å². The number of nitrogens with zero attached hydrogens (tertiary/aromatic N) is 1. The molecule has 0 aromatic rings. The summed E-state index contributed by atoms with van der Waals surface area (Å²) in [6.07, 6.45) is 3.71. The molecule has 0 heterocycles. The molecule has 5 nitrogen and oxygen atoms in total.